The van der Waals surface area contributed by atoms with Crippen molar-refractivity contribution in [2.75, 3.05) is 32.7 Å². The summed E-state index contributed by atoms with van der Waals surface area (Å²) in [5.74, 6) is -0.492. The quantitative estimate of drug-likeness (QED) is 0.752. The third-order valence-electron chi connectivity index (χ3n) is 5.71. The average Bonchev–Trinajstić information content (AvgIpc) is 2.76. The molecule has 8 heteroatoms. The Bertz CT molecular complexity index is 844. The van der Waals surface area contributed by atoms with Crippen LogP contribution >= 0.6 is 0 Å². The summed E-state index contributed by atoms with van der Waals surface area (Å²) < 4.78 is 0. The SMILES string of the molecule is CC(C)(C)C(=O)N1CCCC(C(=O)NCc2ccc(C(=O)N3CCNC(=O)C3)cc2)C1. The van der Waals surface area contributed by atoms with Crippen LogP contribution in [0.25, 0.3) is 0 Å². The minimum atomic E-state index is -0.449. The first-order valence-corrected chi connectivity index (χ1v) is 10.9. The lowest BCUT2D eigenvalue weighted by atomic mass is 9.91. The Kier molecular flexibility index (Phi) is 6.97. The number of rotatable bonds is 4. The molecule has 2 N–H and O–H groups in total. The molecule has 1 aromatic carbocycles. The lowest BCUT2D eigenvalue weighted by Crippen LogP contribution is -2.49. The van der Waals surface area contributed by atoms with Crippen LogP contribution in [-0.4, -0.2) is 66.2 Å². The molecular formula is C23H32N4O4. The molecule has 2 aliphatic heterocycles. The topological polar surface area (TPSA) is 98.8 Å². The number of likely N-dealkylation sites (tertiary alicyclic amines) is 1. The van der Waals surface area contributed by atoms with E-state index in [2.05, 4.69) is 10.6 Å². The van der Waals surface area contributed by atoms with Crippen molar-refractivity contribution in [3.8, 4) is 0 Å². The van der Waals surface area contributed by atoms with Gasteiger partial charge in [0.25, 0.3) is 5.91 Å². The van der Waals surface area contributed by atoms with Gasteiger partial charge in [0, 0.05) is 43.7 Å². The zero-order valence-corrected chi connectivity index (χ0v) is 18.6. The van der Waals surface area contributed by atoms with E-state index in [1.54, 1.807) is 17.0 Å². The number of carbonyl (C=O) groups excluding carboxylic acids is 4. The minimum absolute atomic E-state index is 0.0501. The molecule has 2 saturated heterocycles. The predicted octanol–water partition coefficient (Wildman–Crippen LogP) is 1.16. The van der Waals surface area contributed by atoms with Gasteiger partial charge in [-0.05, 0) is 30.5 Å². The molecule has 0 aliphatic carbocycles. The molecule has 3 rings (SSSR count). The van der Waals surface area contributed by atoms with Crippen molar-refractivity contribution in [2.24, 2.45) is 11.3 Å². The molecule has 0 spiro atoms. The fourth-order valence-corrected chi connectivity index (χ4v) is 3.94. The standard InChI is InChI=1S/C23H32N4O4/c1-23(2,3)22(31)27-11-4-5-18(14-27)20(29)25-13-16-6-8-17(9-7-16)21(30)26-12-10-24-19(28)15-26/h6-9,18H,4-5,10-15H2,1-3H3,(H,24,28)(H,25,29). The maximum atomic E-state index is 12.7. The van der Waals surface area contributed by atoms with Crippen molar-refractivity contribution in [1.82, 2.24) is 20.4 Å². The van der Waals surface area contributed by atoms with E-state index >= 15 is 0 Å². The van der Waals surface area contributed by atoms with E-state index in [9.17, 15) is 19.2 Å². The number of nitrogens with zero attached hydrogens (tertiary/aromatic N) is 2. The number of benzene rings is 1. The first-order valence-electron chi connectivity index (χ1n) is 10.9. The second-order valence-electron chi connectivity index (χ2n) is 9.33. The van der Waals surface area contributed by atoms with E-state index in [1.165, 1.54) is 4.90 Å². The fraction of sp³-hybridized carbons (Fsp3) is 0.565. The van der Waals surface area contributed by atoms with E-state index < -0.39 is 5.41 Å². The highest BCUT2D eigenvalue weighted by Gasteiger charge is 2.33. The summed E-state index contributed by atoms with van der Waals surface area (Å²) in [6, 6.07) is 7.07. The van der Waals surface area contributed by atoms with Crippen molar-refractivity contribution in [3.63, 3.8) is 0 Å². The summed E-state index contributed by atoms with van der Waals surface area (Å²) in [6.45, 7) is 8.25. The van der Waals surface area contributed by atoms with Gasteiger partial charge in [-0.1, -0.05) is 32.9 Å². The third kappa shape index (κ3) is 5.83. The molecule has 0 saturated carbocycles. The van der Waals surface area contributed by atoms with Crippen LogP contribution in [0.4, 0.5) is 0 Å². The van der Waals surface area contributed by atoms with Crippen LogP contribution in [0.3, 0.4) is 0 Å². The molecule has 31 heavy (non-hydrogen) atoms. The van der Waals surface area contributed by atoms with Crippen LogP contribution in [0, 0.1) is 11.3 Å². The van der Waals surface area contributed by atoms with Gasteiger partial charge in [-0.15, -0.1) is 0 Å². The van der Waals surface area contributed by atoms with Gasteiger partial charge in [0.05, 0.1) is 12.5 Å². The van der Waals surface area contributed by atoms with Gasteiger partial charge in [0.15, 0.2) is 0 Å². The maximum absolute atomic E-state index is 12.7. The van der Waals surface area contributed by atoms with Crippen LogP contribution in [0.5, 0.6) is 0 Å². The van der Waals surface area contributed by atoms with Crippen molar-refractivity contribution >= 4 is 23.6 Å². The fourth-order valence-electron chi connectivity index (χ4n) is 3.94. The summed E-state index contributed by atoms with van der Waals surface area (Å²) in [6.07, 6.45) is 1.60. The molecule has 168 valence electrons. The number of hydrogen-bond acceptors (Lipinski definition) is 4. The Morgan fingerprint density at radius 2 is 1.81 bits per heavy atom. The molecule has 0 bridgehead atoms. The van der Waals surface area contributed by atoms with Gasteiger partial charge < -0.3 is 20.4 Å². The summed E-state index contributed by atoms with van der Waals surface area (Å²) >= 11 is 0. The summed E-state index contributed by atoms with van der Waals surface area (Å²) in [7, 11) is 0. The van der Waals surface area contributed by atoms with Gasteiger partial charge in [-0.2, -0.15) is 0 Å². The molecular weight excluding hydrogens is 396 g/mol. The maximum Gasteiger partial charge on any atom is 0.254 e. The van der Waals surface area contributed by atoms with Crippen LogP contribution in [0.1, 0.15) is 49.5 Å². The molecule has 8 nitrogen and oxygen atoms in total. The normalized spacial score (nSPS) is 19.6. The van der Waals surface area contributed by atoms with Gasteiger partial charge in [0.1, 0.15) is 0 Å². The van der Waals surface area contributed by atoms with Crippen LogP contribution in [0.15, 0.2) is 24.3 Å². The zero-order valence-electron chi connectivity index (χ0n) is 18.6. The first kappa shape index (κ1) is 22.8. The Balaban J connectivity index is 1.51. The van der Waals surface area contributed by atoms with E-state index in [4.69, 9.17) is 0 Å². The van der Waals surface area contributed by atoms with Crippen LogP contribution in [0.2, 0.25) is 0 Å². The van der Waals surface area contributed by atoms with E-state index in [-0.39, 0.29) is 36.1 Å². The monoisotopic (exact) mass is 428 g/mol. The van der Waals surface area contributed by atoms with E-state index in [0.717, 1.165) is 18.4 Å². The lowest BCUT2D eigenvalue weighted by Gasteiger charge is -2.35. The number of amides is 4. The second kappa shape index (κ2) is 9.49. The van der Waals surface area contributed by atoms with Crippen molar-refractivity contribution < 1.29 is 19.2 Å². The first-order chi connectivity index (χ1) is 14.6. The molecule has 1 unspecified atom stereocenters. The molecule has 2 fully saturated rings. The van der Waals surface area contributed by atoms with Gasteiger partial charge in [0.2, 0.25) is 17.7 Å². The van der Waals surface area contributed by atoms with Crippen molar-refractivity contribution in [3.05, 3.63) is 35.4 Å². The summed E-state index contributed by atoms with van der Waals surface area (Å²) in [5, 5.41) is 5.66. The van der Waals surface area contributed by atoms with Gasteiger partial charge >= 0.3 is 0 Å². The minimum Gasteiger partial charge on any atom is -0.353 e. The molecule has 1 atom stereocenters. The molecule has 2 heterocycles. The highest BCUT2D eigenvalue weighted by molar-refractivity contribution is 5.97. The second-order valence-corrected chi connectivity index (χ2v) is 9.33. The summed E-state index contributed by atoms with van der Waals surface area (Å²) in [4.78, 5) is 52.5. The van der Waals surface area contributed by atoms with Crippen LogP contribution in [-0.2, 0) is 20.9 Å². The highest BCUT2D eigenvalue weighted by Crippen LogP contribution is 2.23. The van der Waals surface area contributed by atoms with E-state index in [1.807, 2.05) is 32.9 Å². The molecule has 1 aromatic rings. The van der Waals surface area contributed by atoms with Crippen molar-refractivity contribution in [1.29, 1.82) is 0 Å². The smallest absolute Gasteiger partial charge is 0.254 e. The number of hydrogen-bond donors (Lipinski definition) is 2. The lowest BCUT2D eigenvalue weighted by molar-refractivity contribution is -0.142. The van der Waals surface area contributed by atoms with E-state index in [0.29, 0.717) is 38.3 Å². The molecule has 0 aromatic heterocycles. The number of nitrogens with one attached hydrogen (secondary N) is 2. The van der Waals surface area contributed by atoms with Crippen molar-refractivity contribution in [2.45, 2.75) is 40.2 Å². The zero-order chi connectivity index (χ0) is 22.6. The largest absolute Gasteiger partial charge is 0.353 e. The number of carbonyl (C=O) groups is 4. The number of piperidine rings is 1. The third-order valence-corrected chi connectivity index (χ3v) is 5.71. The number of piperazine rings is 1. The summed E-state index contributed by atoms with van der Waals surface area (Å²) in [5.41, 5.74) is 0.961. The Labute approximate surface area is 183 Å². The van der Waals surface area contributed by atoms with Gasteiger partial charge in [-0.25, -0.2) is 0 Å². The highest BCUT2D eigenvalue weighted by atomic mass is 16.2. The molecule has 0 radical (unpaired) electrons. The Morgan fingerprint density at radius 3 is 2.45 bits per heavy atom. The van der Waals surface area contributed by atoms with Gasteiger partial charge in [-0.3, -0.25) is 19.2 Å². The Hall–Kier alpha value is -2.90. The molecule has 2 aliphatic rings. The predicted molar refractivity (Wildman–Crippen MR) is 116 cm³/mol. The molecule has 4 amide bonds. The average molecular weight is 429 g/mol. The Morgan fingerprint density at radius 1 is 1.10 bits per heavy atom. The van der Waals surface area contributed by atoms with Crippen LogP contribution < -0.4 is 10.6 Å².